The van der Waals surface area contributed by atoms with E-state index >= 15 is 0 Å². The van der Waals surface area contributed by atoms with E-state index in [0.717, 1.165) is 24.2 Å². The number of hydrogen-bond donors (Lipinski definition) is 2. The summed E-state index contributed by atoms with van der Waals surface area (Å²) >= 11 is 0. The highest BCUT2D eigenvalue weighted by Crippen LogP contribution is 2.35. The van der Waals surface area contributed by atoms with Gasteiger partial charge in [0.1, 0.15) is 12.2 Å². The molecule has 0 aliphatic heterocycles. The van der Waals surface area contributed by atoms with Gasteiger partial charge >= 0.3 is 6.18 Å². The number of anilines is 1. The van der Waals surface area contributed by atoms with Gasteiger partial charge in [0.05, 0.1) is 12.1 Å². The molecular formula is C32H39F3N6O2. The SMILES string of the molecule is CC#CC(=O)NCCCNCc1cc(C)c(CN(C=O)c2ccccc2)c(C(F)(F)F)c1.Cn1cnnc1CC1CCC1. The number of rotatable bonds is 12. The number of carbonyl (C=O) groups is 2. The molecule has 1 aliphatic rings. The Morgan fingerprint density at radius 3 is 2.51 bits per heavy atom. The molecular weight excluding hydrogens is 557 g/mol. The zero-order chi connectivity index (χ0) is 31.2. The van der Waals surface area contributed by atoms with E-state index in [4.69, 9.17) is 0 Å². The minimum atomic E-state index is -4.55. The summed E-state index contributed by atoms with van der Waals surface area (Å²) in [6, 6.07) is 11.4. The van der Waals surface area contributed by atoms with Crippen molar-refractivity contribution in [3.8, 4) is 11.8 Å². The molecule has 11 heteroatoms. The Labute approximate surface area is 251 Å². The van der Waals surface area contributed by atoms with E-state index in [9.17, 15) is 22.8 Å². The Morgan fingerprint density at radius 1 is 1.19 bits per heavy atom. The van der Waals surface area contributed by atoms with Crippen molar-refractivity contribution >= 4 is 18.0 Å². The van der Waals surface area contributed by atoms with Gasteiger partial charge in [0, 0.05) is 32.2 Å². The molecule has 2 N–H and O–H groups in total. The third kappa shape index (κ3) is 10.6. The smallest absolute Gasteiger partial charge is 0.345 e. The van der Waals surface area contributed by atoms with E-state index in [1.807, 2.05) is 11.6 Å². The van der Waals surface area contributed by atoms with Gasteiger partial charge in [-0.05, 0) is 73.5 Å². The monoisotopic (exact) mass is 596 g/mol. The summed E-state index contributed by atoms with van der Waals surface area (Å²) in [5.74, 6) is 6.54. The number of amides is 2. The zero-order valence-electron chi connectivity index (χ0n) is 24.9. The fraction of sp³-hybridized carbons (Fsp3) is 0.438. The molecule has 3 aromatic rings. The summed E-state index contributed by atoms with van der Waals surface area (Å²) in [5, 5.41) is 13.6. The molecule has 43 heavy (non-hydrogen) atoms. The summed E-state index contributed by atoms with van der Waals surface area (Å²) in [6.07, 6.45) is 3.67. The Bertz CT molecular complexity index is 1390. The second-order valence-corrected chi connectivity index (χ2v) is 10.5. The predicted octanol–water partition coefficient (Wildman–Crippen LogP) is 4.95. The molecule has 0 spiro atoms. The molecule has 4 rings (SSSR count). The first-order valence-electron chi connectivity index (χ1n) is 14.3. The summed E-state index contributed by atoms with van der Waals surface area (Å²) in [6.45, 7) is 4.21. The van der Waals surface area contributed by atoms with Crippen LogP contribution in [0.3, 0.4) is 0 Å². The van der Waals surface area contributed by atoms with Gasteiger partial charge in [0.15, 0.2) is 0 Å². The molecule has 0 radical (unpaired) electrons. The third-order valence-corrected chi connectivity index (χ3v) is 7.27. The first kappa shape index (κ1) is 33.3. The third-order valence-electron chi connectivity index (χ3n) is 7.27. The van der Waals surface area contributed by atoms with Crippen LogP contribution in [0.25, 0.3) is 0 Å². The van der Waals surface area contributed by atoms with Gasteiger partial charge in [-0.2, -0.15) is 13.2 Å². The number of para-hydroxylation sites is 1. The molecule has 1 saturated carbocycles. The van der Waals surface area contributed by atoms with Crippen LogP contribution in [0.15, 0.2) is 48.8 Å². The summed E-state index contributed by atoms with van der Waals surface area (Å²) in [4.78, 5) is 24.1. The fourth-order valence-corrected chi connectivity index (χ4v) is 4.69. The highest BCUT2D eigenvalue weighted by molar-refractivity contribution is 5.93. The van der Waals surface area contributed by atoms with Crippen LogP contribution in [-0.2, 0) is 42.3 Å². The average Bonchev–Trinajstić information content (AvgIpc) is 3.36. The number of benzene rings is 2. The minimum absolute atomic E-state index is 0.0666. The second-order valence-electron chi connectivity index (χ2n) is 10.5. The fourth-order valence-electron chi connectivity index (χ4n) is 4.69. The molecule has 230 valence electrons. The first-order valence-corrected chi connectivity index (χ1v) is 14.3. The molecule has 0 unspecified atom stereocenters. The first-order chi connectivity index (χ1) is 20.6. The van der Waals surface area contributed by atoms with Crippen LogP contribution in [0.5, 0.6) is 0 Å². The highest BCUT2D eigenvalue weighted by Gasteiger charge is 2.35. The molecule has 2 aromatic carbocycles. The molecule has 1 aliphatic carbocycles. The number of nitrogens with one attached hydrogen (secondary N) is 2. The number of carbonyl (C=O) groups excluding carboxylic acids is 2. The number of hydrogen-bond acceptors (Lipinski definition) is 5. The molecule has 0 atom stereocenters. The molecule has 0 saturated heterocycles. The summed E-state index contributed by atoms with van der Waals surface area (Å²) in [7, 11) is 2.01. The zero-order valence-corrected chi connectivity index (χ0v) is 24.9. The summed E-state index contributed by atoms with van der Waals surface area (Å²) in [5.41, 5.74) is 0.804. The van der Waals surface area contributed by atoms with Gasteiger partial charge in [-0.1, -0.05) is 49.4 Å². The van der Waals surface area contributed by atoms with Crippen LogP contribution >= 0.6 is 0 Å². The van der Waals surface area contributed by atoms with E-state index in [-0.39, 0.29) is 24.6 Å². The lowest BCUT2D eigenvalue weighted by Crippen LogP contribution is -2.26. The van der Waals surface area contributed by atoms with Crippen LogP contribution in [0, 0.1) is 24.7 Å². The van der Waals surface area contributed by atoms with Crippen molar-refractivity contribution in [2.75, 3.05) is 18.0 Å². The summed E-state index contributed by atoms with van der Waals surface area (Å²) < 4.78 is 43.5. The molecule has 8 nitrogen and oxygen atoms in total. The van der Waals surface area contributed by atoms with Crippen molar-refractivity contribution in [1.82, 2.24) is 25.4 Å². The number of aromatic nitrogens is 3. The van der Waals surface area contributed by atoms with Gasteiger partial charge in [0.25, 0.3) is 5.91 Å². The van der Waals surface area contributed by atoms with E-state index in [1.165, 1.54) is 24.2 Å². The molecule has 2 amide bonds. The van der Waals surface area contributed by atoms with Crippen LogP contribution in [0.2, 0.25) is 0 Å². The highest BCUT2D eigenvalue weighted by atomic mass is 19.4. The largest absolute Gasteiger partial charge is 0.416 e. The van der Waals surface area contributed by atoms with E-state index in [0.29, 0.717) is 42.7 Å². The average molecular weight is 597 g/mol. The van der Waals surface area contributed by atoms with Gasteiger partial charge in [-0.3, -0.25) is 9.59 Å². The van der Waals surface area contributed by atoms with Crippen LogP contribution < -0.4 is 15.5 Å². The van der Waals surface area contributed by atoms with Crippen molar-refractivity contribution in [3.63, 3.8) is 0 Å². The Morgan fingerprint density at radius 2 is 1.93 bits per heavy atom. The lowest BCUT2D eigenvalue weighted by molar-refractivity contribution is -0.138. The molecule has 1 heterocycles. The van der Waals surface area contributed by atoms with Gasteiger partial charge in [-0.25, -0.2) is 0 Å². The normalized spacial score (nSPS) is 12.7. The van der Waals surface area contributed by atoms with Gasteiger partial charge in [0.2, 0.25) is 6.41 Å². The topological polar surface area (TPSA) is 92.2 Å². The lowest BCUT2D eigenvalue weighted by atomic mass is 9.83. The van der Waals surface area contributed by atoms with Crippen molar-refractivity contribution < 1.29 is 22.8 Å². The van der Waals surface area contributed by atoms with Crippen molar-refractivity contribution in [2.45, 2.75) is 65.2 Å². The Kier molecular flexibility index (Phi) is 12.8. The van der Waals surface area contributed by atoms with Gasteiger partial charge in [-0.15, -0.1) is 10.2 Å². The van der Waals surface area contributed by atoms with Crippen LogP contribution in [0.1, 0.15) is 60.7 Å². The molecule has 0 bridgehead atoms. The maximum Gasteiger partial charge on any atom is 0.416 e. The number of nitrogens with zero attached hydrogens (tertiary/aromatic N) is 4. The molecule has 1 aromatic heterocycles. The number of alkyl halides is 3. The van der Waals surface area contributed by atoms with Crippen LogP contribution in [0.4, 0.5) is 18.9 Å². The number of aryl methyl sites for hydroxylation is 2. The van der Waals surface area contributed by atoms with Crippen molar-refractivity contribution in [3.05, 3.63) is 76.9 Å². The Balaban J connectivity index is 0.000000380. The van der Waals surface area contributed by atoms with E-state index in [1.54, 1.807) is 56.6 Å². The Hall–Kier alpha value is -4.17. The van der Waals surface area contributed by atoms with Gasteiger partial charge < -0.3 is 20.1 Å². The maximum absolute atomic E-state index is 13.8. The van der Waals surface area contributed by atoms with Crippen molar-refractivity contribution in [2.24, 2.45) is 13.0 Å². The minimum Gasteiger partial charge on any atom is -0.345 e. The van der Waals surface area contributed by atoms with Crippen LogP contribution in [-0.4, -0.2) is 40.2 Å². The molecule has 1 fully saturated rings. The number of halogens is 3. The predicted molar refractivity (Wildman–Crippen MR) is 160 cm³/mol. The van der Waals surface area contributed by atoms with E-state index < -0.39 is 11.7 Å². The van der Waals surface area contributed by atoms with Crippen molar-refractivity contribution in [1.29, 1.82) is 0 Å². The lowest BCUT2D eigenvalue weighted by Gasteiger charge is -2.24. The quantitative estimate of drug-likeness (QED) is 0.175. The second kappa shape index (κ2) is 16.5. The standard InChI is InChI=1S/C24H26F3N3O2.C8H13N3/c1-3-8-23(32)29-12-7-11-28-15-19-13-18(2)21(22(14-19)24(25,26)27)16-30(17-31)20-9-5-4-6-10-20;1-11-6-9-10-8(11)5-7-3-2-4-7/h4-6,9-10,13-14,17,28H,7,11-12,15-16H2,1-2H3,(H,29,32);6-7H,2-5H2,1H3. The maximum atomic E-state index is 13.8. The van der Waals surface area contributed by atoms with E-state index in [2.05, 4.69) is 32.7 Å².